The molecule has 90 valence electrons. The van der Waals surface area contributed by atoms with Crippen molar-refractivity contribution in [3.63, 3.8) is 0 Å². The summed E-state index contributed by atoms with van der Waals surface area (Å²) in [5, 5.41) is 9.25. The van der Waals surface area contributed by atoms with Gasteiger partial charge in [0.15, 0.2) is 0 Å². The molecule has 2 nitrogen and oxygen atoms in total. The van der Waals surface area contributed by atoms with Crippen LogP contribution in [0.2, 0.25) is 5.02 Å². The van der Waals surface area contributed by atoms with Crippen LogP contribution in [-0.4, -0.2) is 6.10 Å². The molecule has 1 aromatic carbocycles. The maximum atomic E-state index is 8.78. The Kier molecular flexibility index (Phi) is 3.91. The summed E-state index contributed by atoms with van der Waals surface area (Å²) in [7, 11) is 0. The summed E-state index contributed by atoms with van der Waals surface area (Å²) >= 11 is 5.97. The Morgan fingerprint density at radius 3 is 2.59 bits per heavy atom. The van der Waals surface area contributed by atoms with Gasteiger partial charge in [-0.25, -0.2) is 0 Å². The average Bonchev–Trinajstić information content (AvgIpc) is 2.32. The lowest BCUT2D eigenvalue weighted by molar-refractivity contribution is 0.135. The van der Waals surface area contributed by atoms with E-state index < -0.39 is 0 Å². The molecule has 0 spiro atoms. The Morgan fingerprint density at radius 1 is 1.29 bits per heavy atom. The largest absolute Gasteiger partial charge is 0.490 e. The van der Waals surface area contributed by atoms with Crippen molar-refractivity contribution in [1.29, 1.82) is 5.26 Å². The molecule has 1 saturated carbocycles. The van der Waals surface area contributed by atoms with E-state index in [1.807, 2.05) is 12.1 Å². The van der Waals surface area contributed by atoms with Gasteiger partial charge in [-0.05, 0) is 43.7 Å². The van der Waals surface area contributed by atoms with Crippen molar-refractivity contribution in [2.45, 2.75) is 38.7 Å². The summed E-state index contributed by atoms with van der Waals surface area (Å²) in [6.45, 7) is 2.29. The van der Waals surface area contributed by atoms with E-state index in [1.54, 1.807) is 12.1 Å². The molecule has 0 aliphatic heterocycles. The highest BCUT2D eigenvalue weighted by Gasteiger charge is 2.19. The molecular weight excluding hydrogens is 234 g/mol. The number of ether oxygens (including phenoxy) is 1. The van der Waals surface area contributed by atoms with Crippen molar-refractivity contribution < 1.29 is 4.74 Å². The number of nitrogens with zero attached hydrogens (tertiary/aromatic N) is 1. The van der Waals surface area contributed by atoms with Gasteiger partial charge in [-0.15, -0.1) is 0 Å². The average molecular weight is 250 g/mol. The second-order valence-electron chi connectivity index (χ2n) is 4.75. The van der Waals surface area contributed by atoms with Gasteiger partial charge >= 0.3 is 0 Å². The lowest BCUT2D eigenvalue weighted by atomic mass is 9.89. The fraction of sp³-hybridized carbons (Fsp3) is 0.500. The zero-order valence-electron chi connectivity index (χ0n) is 9.95. The first-order valence-corrected chi connectivity index (χ1v) is 6.43. The van der Waals surface area contributed by atoms with E-state index in [0.717, 1.165) is 24.5 Å². The van der Waals surface area contributed by atoms with E-state index in [0.29, 0.717) is 16.7 Å². The van der Waals surface area contributed by atoms with Gasteiger partial charge in [-0.1, -0.05) is 18.5 Å². The lowest BCUT2D eigenvalue weighted by Crippen LogP contribution is -2.22. The smallest absolute Gasteiger partial charge is 0.121 e. The van der Waals surface area contributed by atoms with Crippen LogP contribution in [0.1, 0.15) is 38.2 Å². The first-order valence-electron chi connectivity index (χ1n) is 6.05. The minimum atomic E-state index is 0.301. The van der Waals surface area contributed by atoms with Gasteiger partial charge in [0, 0.05) is 6.07 Å². The highest BCUT2D eigenvalue weighted by atomic mass is 35.5. The van der Waals surface area contributed by atoms with Gasteiger partial charge in [-0.2, -0.15) is 5.26 Å². The third-order valence-electron chi connectivity index (χ3n) is 3.33. The molecule has 17 heavy (non-hydrogen) atoms. The highest BCUT2D eigenvalue weighted by Crippen LogP contribution is 2.29. The number of rotatable bonds is 2. The van der Waals surface area contributed by atoms with Crippen molar-refractivity contribution in [2.24, 2.45) is 5.92 Å². The molecule has 0 amide bonds. The molecule has 0 saturated heterocycles. The Labute approximate surface area is 107 Å². The van der Waals surface area contributed by atoms with E-state index in [-0.39, 0.29) is 0 Å². The molecule has 0 atom stereocenters. The molecule has 0 aromatic heterocycles. The van der Waals surface area contributed by atoms with E-state index in [2.05, 4.69) is 6.92 Å². The van der Waals surface area contributed by atoms with E-state index in [4.69, 9.17) is 21.6 Å². The summed E-state index contributed by atoms with van der Waals surface area (Å²) in [6, 6.07) is 7.31. The number of hydrogen-bond acceptors (Lipinski definition) is 2. The molecule has 0 unspecified atom stereocenters. The number of nitriles is 1. The van der Waals surface area contributed by atoms with Crippen molar-refractivity contribution >= 4 is 11.6 Å². The highest BCUT2D eigenvalue weighted by molar-refractivity contribution is 6.31. The zero-order valence-corrected chi connectivity index (χ0v) is 10.7. The maximum Gasteiger partial charge on any atom is 0.121 e. The fourth-order valence-corrected chi connectivity index (χ4v) is 2.41. The van der Waals surface area contributed by atoms with Crippen LogP contribution in [0.5, 0.6) is 5.75 Å². The molecule has 2 rings (SSSR count). The van der Waals surface area contributed by atoms with E-state index in [1.165, 1.54) is 12.8 Å². The summed E-state index contributed by atoms with van der Waals surface area (Å²) in [4.78, 5) is 0. The molecular formula is C14H16ClNO. The fourth-order valence-electron chi connectivity index (χ4n) is 2.20. The third-order valence-corrected chi connectivity index (χ3v) is 3.64. The van der Waals surface area contributed by atoms with Crippen LogP contribution in [0.15, 0.2) is 18.2 Å². The molecule has 0 bridgehead atoms. The topological polar surface area (TPSA) is 33.0 Å². The molecule has 1 aliphatic rings. The van der Waals surface area contributed by atoms with Gasteiger partial charge in [0.25, 0.3) is 0 Å². The molecule has 3 heteroatoms. The van der Waals surface area contributed by atoms with Crippen LogP contribution < -0.4 is 4.74 Å². The summed E-state index contributed by atoms with van der Waals surface area (Å²) in [5.41, 5.74) is 0.497. The normalized spacial score (nSPS) is 24.1. The number of hydrogen-bond donors (Lipinski definition) is 0. The van der Waals surface area contributed by atoms with Crippen LogP contribution in [-0.2, 0) is 0 Å². The molecule has 1 fully saturated rings. The zero-order chi connectivity index (χ0) is 12.3. The monoisotopic (exact) mass is 249 g/mol. The quantitative estimate of drug-likeness (QED) is 0.788. The molecule has 1 aromatic rings. The second-order valence-corrected chi connectivity index (χ2v) is 5.16. The Hall–Kier alpha value is -1.20. The van der Waals surface area contributed by atoms with Crippen molar-refractivity contribution in [3.8, 4) is 11.8 Å². The number of benzene rings is 1. The maximum absolute atomic E-state index is 8.78. The second kappa shape index (κ2) is 5.42. The van der Waals surface area contributed by atoms with Crippen molar-refractivity contribution in [2.75, 3.05) is 0 Å². The summed E-state index contributed by atoms with van der Waals surface area (Å²) in [6.07, 6.45) is 4.98. The van der Waals surface area contributed by atoms with Crippen molar-refractivity contribution in [1.82, 2.24) is 0 Å². The molecule has 1 aliphatic carbocycles. The van der Waals surface area contributed by atoms with Crippen LogP contribution in [0.4, 0.5) is 0 Å². The molecule has 0 radical (unpaired) electrons. The number of halogens is 1. The first-order chi connectivity index (χ1) is 8.19. The summed E-state index contributed by atoms with van der Waals surface area (Å²) in [5.74, 6) is 1.59. The van der Waals surface area contributed by atoms with Gasteiger partial charge in [0.05, 0.1) is 16.7 Å². The minimum Gasteiger partial charge on any atom is -0.490 e. The molecule has 0 N–H and O–H groups in total. The van der Waals surface area contributed by atoms with E-state index in [9.17, 15) is 0 Å². The Bertz CT molecular complexity index is 430. The lowest BCUT2D eigenvalue weighted by Gasteiger charge is -2.26. The predicted molar refractivity (Wildman–Crippen MR) is 68.2 cm³/mol. The Balaban J connectivity index is 2.00. The predicted octanol–water partition coefficient (Wildman–Crippen LogP) is 4.17. The SMILES string of the molecule is C[C@H]1CC[C@@H](Oc2ccc(C#N)c(Cl)c2)CC1. The van der Waals surface area contributed by atoms with Crippen LogP contribution >= 0.6 is 11.6 Å². The summed E-state index contributed by atoms with van der Waals surface area (Å²) < 4.78 is 5.89. The third kappa shape index (κ3) is 3.14. The van der Waals surface area contributed by atoms with Gasteiger partial charge in [0.1, 0.15) is 11.8 Å². The van der Waals surface area contributed by atoms with E-state index >= 15 is 0 Å². The van der Waals surface area contributed by atoms with Gasteiger partial charge in [-0.3, -0.25) is 0 Å². The van der Waals surface area contributed by atoms with Crippen LogP contribution in [0, 0.1) is 17.2 Å². The van der Waals surface area contributed by atoms with Gasteiger partial charge in [0.2, 0.25) is 0 Å². The van der Waals surface area contributed by atoms with Gasteiger partial charge < -0.3 is 4.74 Å². The first kappa shape index (κ1) is 12.3. The standard InChI is InChI=1S/C14H16ClNO/c1-10-2-5-12(6-3-10)17-13-7-4-11(9-16)14(15)8-13/h4,7-8,10,12H,2-3,5-6H2,1H3/t10-,12+. The molecule has 0 heterocycles. The van der Waals surface area contributed by atoms with Crippen LogP contribution in [0.25, 0.3) is 0 Å². The Morgan fingerprint density at radius 2 is 2.00 bits per heavy atom. The van der Waals surface area contributed by atoms with Crippen LogP contribution in [0.3, 0.4) is 0 Å². The minimum absolute atomic E-state index is 0.301. The van der Waals surface area contributed by atoms with Crippen molar-refractivity contribution in [3.05, 3.63) is 28.8 Å².